The van der Waals surface area contributed by atoms with Crippen molar-refractivity contribution in [2.75, 3.05) is 6.61 Å². The molecule has 0 amide bonds. The molecule has 0 saturated carbocycles. The lowest BCUT2D eigenvalue weighted by Crippen LogP contribution is -2.36. The number of carbonyl (C=O) groups excluding carboxylic acids is 1. The first-order chi connectivity index (χ1) is 11.1. The number of halogens is 1. The first-order valence-corrected chi connectivity index (χ1v) is 7.89. The molecule has 3 rings (SSSR count). The number of benzene rings is 2. The van der Waals surface area contributed by atoms with Gasteiger partial charge in [-0.1, -0.05) is 23.7 Å². The van der Waals surface area contributed by atoms with E-state index in [0.717, 1.165) is 5.56 Å². The Hall–Kier alpha value is -2.20. The molecule has 2 aromatic rings. The van der Waals surface area contributed by atoms with Crippen molar-refractivity contribution in [3.63, 3.8) is 0 Å². The number of fused-ring (bicyclic) bond motifs is 1. The SMILES string of the molecule is CCOC(=O)CCC1(c2ccc(Cl)cc2)Oc2ccccc2O1. The molecule has 0 bridgehead atoms. The van der Waals surface area contributed by atoms with Gasteiger partial charge in [-0.25, -0.2) is 0 Å². The summed E-state index contributed by atoms with van der Waals surface area (Å²) in [4.78, 5) is 11.7. The quantitative estimate of drug-likeness (QED) is 0.765. The topological polar surface area (TPSA) is 44.8 Å². The predicted octanol–water partition coefficient (Wildman–Crippen LogP) is 4.31. The number of ether oxygens (including phenoxy) is 3. The van der Waals surface area contributed by atoms with E-state index in [0.29, 0.717) is 29.5 Å². The molecule has 0 N–H and O–H groups in total. The molecule has 5 heteroatoms. The van der Waals surface area contributed by atoms with Crippen LogP contribution in [-0.4, -0.2) is 12.6 Å². The van der Waals surface area contributed by atoms with Crippen LogP contribution in [0.4, 0.5) is 0 Å². The molecule has 1 heterocycles. The van der Waals surface area contributed by atoms with Gasteiger partial charge in [0.2, 0.25) is 0 Å². The molecule has 0 saturated heterocycles. The van der Waals surface area contributed by atoms with Crippen LogP contribution in [0.2, 0.25) is 5.02 Å². The molecule has 120 valence electrons. The first-order valence-electron chi connectivity index (χ1n) is 7.52. The van der Waals surface area contributed by atoms with Gasteiger partial charge in [0.25, 0.3) is 5.79 Å². The molecule has 0 atom stereocenters. The van der Waals surface area contributed by atoms with E-state index in [-0.39, 0.29) is 12.4 Å². The Labute approximate surface area is 139 Å². The zero-order chi connectivity index (χ0) is 16.3. The van der Waals surface area contributed by atoms with Crippen molar-refractivity contribution in [2.24, 2.45) is 0 Å². The molecule has 1 aliphatic rings. The largest absolute Gasteiger partial charge is 0.466 e. The second-order valence-electron chi connectivity index (χ2n) is 5.22. The van der Waals surface area contributed by atoms with Gasteiger partial charge in [0.05, 0.1) is 13.0 Å². The highest BCUT2D eigenvalue weighted by atomic mass is 35.5. The van der Waals surface area contributed by atoms with Crippen molar-refractivity contribution in [2.45, 2.75) is 25.6 Å². The molecule has 1 aliphatic heterocycles. The second-order valence-corrected chi connectivity index (χ2v) is 5.65. The van der Waals surface area contributed by atoms with Gasteiger partial charge in [0.15, 0.2) is 11.5 Å². The van der Waals surface area contributed by atoms with Crippen molar-refractivity contribution >= 4 is 17.6 Å². The summed E-state index contributed by atoms with van der Waals surface area (Å²) >= 11 is 5.97. The van der Waals surface area contributed by atoms with Crippen LogP contribution >= 0.6 is 11.6 Å². The van der Waals surface area contributed by atoms with Crippen molar-refractivity contribution in [3.8, 4) is 11.5 Å². The zero-order valence-electron chi connectivity index (χ0n) is 12.8. The summed E-state index contributed by atoms with van der Waals surface area (Å²) in [6.07, 6.45) is 0.548. The molecular formula is C18H17ClO4. The van der Waals surface area contributed by atoms with Gasteiger partial charge in [0, 0.05) is 17.0 Å². The van der Waals surface area contributed by atoms with E-state index < -0.39 is 5.79 Å². The predicted molar refractivity (Wildman–Crippen MR) is 86.7 cm³/mol. The maximum atomic E-state index is 11.7. The molecule has 4 nitrogen and oxygen atoms in total. The third kappa shape index (κ3) is 3.27. The highest BCUT2D eigenvalue weighted by molar-refractivity contribution is 6.30. The summed E-state index contributed by atoms with van der Waals surface area (Å²) in [5.74, 6) is 0.00252. The maximum Gasteiger partial charge on any atom is 0.306 e. The summed E-state index contributed by atoms with van der Waals surface area (Å²) in [6.45, 7) is 2.14. The van der Waals surface area contributed by atoms with Crippen LogP contribution in [0.3, 0.4) is 0 Å². The average Bonchev–Trinajstić information content (AvgIpc) is 2.94. The lowest BCUT2D eigenvalue weighted by molar-refractivity contribution is -0.148. The fourth-order valence-corrected chi connectivity index (χ4v) is 2.69. The Morgan fingerprint density at radius 2 is 1.70 bits per heavy atom. The molecule has 23 heavy (non-hydrogen) atoms. The lowest BCUT2D eigenvalue weighted by atomic mass is 10.0. The van der Waals surface area contributed by atoms with Crippen LogP contribution in [0.15, 0.2) is 48.5 Å². The van der Waals surface area contributed by atoms with Gasteiger partial charge in [-0.05, 0) is 43.3 Å². The molecule has 0 unspecified atom stereocenters. The number of hydrogen-bond donors (Lipinski definition) is 0. The van der Waals surface area contributed by atoms with Crippen LogP contribution in [-0.2, 0) is 15.3 Å². The molecule has 0 fully saturated rings. The number of esters is 1. The number of rotatable bonds is 5. The van der Waals surface area contributed by atoms with E-state index in [1.54, 1.807) is 19.1 Å². The Kier molecular flexibility index (Phi) is 4.44. The van der Waals surface area contributed by atoms with Crippen LogP contribution in [0.1, 0.15) is 25.3 Å². The number of hydrogen-bond acceptors (Lipinski definition) is 4. The van der Waals surface area contributed by atoms with Gasteiger partial charge in [-0.2, -0.15) is 0 Å². The average molecular weight is 333 g/mol. The Morgan fingerprint density at radius 3 is 2.26 bits per heavy atom. The van der Waals surface area contributed by atoms with Gasteiger partial charge >= 0.3 is 5.97 Å². The summed E-state index contributed by atoms with van der Waals surface area (Å²) in [6, 6.07) is 14.7. The van der Waals surface area contributed by atoms with Gasteiger partial charge in [0.1, 0.15) is 0 Å². The van der Waals surface area contributed by atoms with Crippen LogP contribution in [0.25, 0.3) is 0 Å². The third-order valence-electron chi connectivity index (χ3n) is 3.65. The van der Waals surface area contributed by atoms with Gasteiger partial charge in [-0.3, -0.25) is 4.79 Å². The summed E-state index contributed by atoms with van der Waals surface area (Å²) in [5, 5.41) is 0.629. The molecule has 0 radical (unpaired) electrons. The van der Waals surface area contributed by atoms with E-state index in [1.165, 1.54) is 0 Å². The highest BCUT2D eigenvalue weighted by Crippen LogP contribution is 2.46. The van der Waals surface area contributed by atoms with E-state index in [2.05, 4.69) is 0 Å². The van der Waals surface area contributed by atoms with Gasteiger partial charge in [-0.15, -0.1) is 0 Å². The smallest absolute Gasteiger partial charge is 0.306 e. The van der Waals surface area contributed by atoms with E-state index in [4.69, 9.17) is 25.8 Å². The molecule has 0 aromatic heterocycles. The number of carbonyl (C=O) groups is 1. The fourth-order valence-electron chi connectivity index (χ4n) is 2.56. The standard InChI is InChI=1S/C18H17ClO4/c1-2-21-17(20)11-12-18(13-7-9-14(19)10-8-13)22-15-5-3-4-6-16(15)23-18/h3-10H,2,11-12H2,1H3. The van der Waals surface area contributed by atoms with Crippen molar-refractivity contribution in [1.82, 2.24) is 0 Å². The van der Waals surface area contributed by atoms with Crippen LogP contribution in [0.5, 0.6) is 11.5 Å². The second kappa shape index (κ2) is 6.50. The lowest BCUT2D eigenvalue weighted by Gasteiger charge is -2.28. The van der Waals surface area contributed by atoms with Crippen molar-refractivity contribution < 1.29 is 19.0 Å². The molecular weight excluding hydrogens is 316 g/mol. The Bertz CT molecular complexity index is 671. The first kappa shape index (κ1) is 15.7. The van der Waals surface area contributed by atoms with E-state index in [9.17, 15) is 4.79 Å². The molecule has 0 aliphatic carbocycles. The summed E-state index contributed by atoms with van der Waals surface area (Å²) in [5.41, 5.74) is 0.808. The Morgan fingerprint density at radius 1 is 1.09 bits per heavy atom. The van der Waals surface area contributed by atoms with Crippen molar-refractivity contribution in [3.05, 3.63) is 59.1 Å². The van der Waals surface area contributed by atoms with E-state index >= 15 is 0 Å². The summed E-state index contributed by atoms with van der Waals surface area (Å²) < 4.78 is 17.2. The third-order valence-corrected chi connectivity index (χ3v) is 3.90. The minimum absolute atomic E-state index is 0.199. The van der Waals surface area contributed by atoms with Crippen molar-refractivity contribution in [1.29, 1.82) is 0 Å². The minimum atomic E-state index is -1.04. The monoisotopic (exact) mass is 332 g/mol. The highest BCUT2D eigenvalue weighted by Gasteiger charge is 2.43. The van der Waals surface area contributed by atoms with Gasteiger partial charge < -0.3 is 14.2 Å². The molecule has 0 spiro atoms. The van der Waals surface area contributed by atoms with E-state index in [1.807, 2.05) is 36.4 Å². The molecule has 2 aromatic carbocycles. The normalized spacial score (nSPS) is 14.5. The van der Waals surface area contributed by atoms with Crippen LogP contribution in [0, 0.1) is 0 Å². The summed E-state index contributed by atoms with van der Waals surface area (Å²) in [7, 11) is 0. The van der Waals surface area contributed by atoms with Crippen LogP contribution < -0.4 is 9.47 Å². The zero-order valence-corrected chi connectivity index (χ0v) is 13.5. The fraction of sp³-hybridized carbons (Fsp3) is 0.278. The maximum absolute atomic E-state index is 11.7. The Balaban J connectivity index is 1.89. The minimum Gasteiger partial charge on any atom is -0.466 e. The number of para-hydroxylation sites is 2.